The highest BCUT2D eigenvalue weighted by Gasteiger charge is 2.31. The lowest BCUT2D eigenvalue weighted by molar-refractivity contribution is 0.459. The lowest BCUT2D eigenvalue weighted by Crippen LogP contribution is -2.42. The summed E-state index contributed by atoms with van der Waals surface area (Å²) < 4.78 is 22.6. The number of nitrogens with one attached hydrogen (secondary N) is 1. The quantitative estimate of drug-likeness (QED) is 0.307. The molecule has 0 aliphatic heterocycles. The van der Waals surface area contributed by atoms with Crippen molar-refractivity contribution in [1.29, 1.82) is 0 Å². The second-order valence-corrected chi connectivity index (χ2v) is 11.7. The van der Waals surface area contributed by atoms with Crippen molar-refractivity contribution in [1.82, 2.24) is 14.9 Å². The van der Waals surface area contributed by atoms with Crippen molar-refractivity contribution in [3.63, 3.8) is 0 Å². The second kappa shape index (κ2) is 9.35. The zero-order valence-electron chi connectivity index (χ0n) is 18.6. The maximum Gasteiger partial charge on any atom is 0.168 e. The molecule has 0 aliphatic carbocycles. The van der Waals surface area contributed by atoms with Crippen molar-refractivity contribution < 1.29 is 9.08 Å². The molecule has 2 unspecified atom stereocenters. The van der Waals surface area contributed by atoms with E-state index in [0.29, 0.717) is 12.0 Å². The maximum atomic E-state index is 13.1. The smallest absolute Gasteiger partial charge is 0.168 e. The van der Waals surface area contributed by atoms with Crippen molar-refractivity contribution in [2.45, 2.75) is 44.9 Å². The van der Waals surface area contributed by atoms with Gasteiger partial charge in [0.1, 0.15) is 10.4 Å². The Hall–Kier alpha value is -2.19. The SMILES string of the molecule is Cc1cccc(CC(N[S+]([O-])C(C)(C)C)c2ccccc2-c2noc3cc(Br)ccc23)n1. The van der Waals surface area contributed by atoms with Crippen LogP contribution in [0.5, 0.6) is 0 Å². The van der Waals surface area contributed by atoms with Crippen LogP contribution in [-0.2, 0) is 17.8 Å². The number of fused-ring (bicyclic) bond motifs is 1. The number of aryl methyl sites for hydroxylation is 1. The van der Waals surface area contributed by atoms with Gasteiger partial charge in [-0.25, -0.2) is 0 Å². The average Bonchev–Trinajstić information content (AvgIpc) is 3.15. The summed E-state index contributed by atoms with van der Waals surface area (Å²) in [5.74, 6) is 0. The molecule has 2 aromatic heterocycles. The first-order valence-electron chi connectivity index (χ1n) is 10.5. The highest BCUT2D eigenvalue weighted by Crippen LogP contribution is 2.35. The van der Waals surface area contributed by atoms with Crippen LogP contribution in [0.15, 0.2) is 69.7 Å². The Morgan fingerprint density at radius 2 is 1.88 bits per heavy atom. The van der Waals surface area contributed by atoms with E-state index in [1.807, 2.05) is 82.3 Å². The molecule has 0 fully saturated rings. The summed E-state index contributed by atoms with van der Waals surface area (Å²) in [6.45, 7) is 7.87. The minimum atomic E-state index is -1.26. The van der Waals surface area contributed by atoms with E-state index in [0.717, 1.165) is 38.1 Å². The summed E-state index contributed by atoms with van der Waals surface area (Å²) in [5.41, 5.74) is 5.34. The molecule has 1 N–H and O–H groups in total. The second-order valence-electron chi connectivity index (χ2n) is 8.78. The first-order chi connectivity index (χ1) is 15.2. The van der Waals surface area contributed by atoms with Crippen LogP contribution in [0.1, 0.15) is 43.8 Å². The first kappa shape index (κ1) is 23.0. The molecule has 0 amide bonds. The monoisotopic (exact) mass is 511 g/mol. The van der Waals surface area contributed by atoms with Gasteiger partial charge in [-0.05, 0) is 63.6 Å². The van der Waals surface area contributed by atoms with Gasteiger partial charge in [0.25, 0.3) is 0 Å². The molecule has 2 heterocycles. The van der Waals surface area contributed by atoms with Gasteiger partial charge in [0.05, 0.1) is 6.04 Å². The van der Waals surface area contributed by atoms with Gasteiger partial charge in [-0.3, -0.25) is 4.98 Å². The van der Waals surface area contributed by atoms with Crippen molar-refractivity contribution in [2.75, 3.05) is 0 Å². The number of benzene rings is 2. The lowest BCUT2D eigenvalue weighted by Gasteiger charge is -2.29. The molecule has 4 aromatic rings. The van der Waals surface area contributed by atoms with Crippen LogP contribution in [0.4, 0.5) is 0 Å². The minimum absolute atomic E-state index is 0.220. The molecule has 2 atom stereocenters. The van der Waals surface area contributed by atoms with Gasteiger partial charge in [-0.1, -0.05) is 51.4 Å². The molecule has 0 bridgehead atoms. The third-order valence-corrected chi connectivity index (χ3v) is 7.29. The van der Waals surface area contributed by atoms with Gasteiger partial charge in [0, 0.05) is 44.6 Å². The molecule has 7 heteroatoms. The molecule has 2 aromatic carbocycles. The van der Waals surface area contributed by atoms with Crippen LogP contribution >= 0.6 is 15.9 Å². The van der Waals surface area contributed by atoms with Crippen LogP contribution in [0.25, 0.3) is 22.2 Å². The van der Waals surface area contributed by atoms with Gasteiger partial charge >= 0.3 is 0 Å². The fourth-order valence-corrected chi connectivity index (χ4v) is 4.73. The van der Waals surface area contributed by atoms with Gasteiger partial charge in [-0.15, -0.1) is 4.72 Å². The van der Waals surface area contributed by atoms with Gasteiger partial charge in [-0.2, -0.15) is 0 Å². The Kier molecular flexibility index (Phi) is 6.72. The zero-order valence-corrected chi connectivity index (χ0v) is 21.0. The van der Waals surface area contributed by atoms with Gasteiger partial charge < -0.3 is 9.08 Å². The molecule has 0 spiro atoms. The molecule has 5 nitrogen and oxygen atoms in total. The summed E-state index contributed by atoms with van der Waals surface area (Å²) >= 11 is 2.23. The number of nitrogens with zero attached hydrogens (tertiary/aromatic N) is 2. The van der Waals surface area contributed by atoms with Crippen LogP contribution in [0, 0.1) is 6.92 Å². The number of aromatic nitrogens is 2. The molecule has 0 saturated carbocycles. The average molecular weight is 512 g/mol. The van der Waals surface area contributed by atoms with Gasteiger partial charge in [0.2, 0.25) is 0 Å². The molecular formula is C25H26BrN3O2S. The predicted molar refractivity (Wildman–Crippen MR) is 134 cm³/mol. The molecule has 0 aliphatic rings. The van der Waals surface area contributed by atoms with E-state index >= 15 is 0 Å². The Bertz CT molecular complexity index is 1240. The number of halogens is 1. The summed E-state index contributed by atoms with van der Waals surface area (Å²) in [6, 6.07) is 19.7. The van der Waals surface area contributed by atoms with Crippen molar-refractivity contribution >= 4 is 38.3 Å². The Morgan fingerprint density at radius 3 is 2.62 bits per heavy atom. The van der Waals surface area contributed by atoms with Crippen molar-refractivity contribution in [2.24, 2.45) is 0 Å². The number of pyridine rings is 1. The normalized spacial score (nSPS) is 13.9. The largest absolute Gasteiger partial charge is 0.598 e. The molecule has 0 saturated heterocycles. The molecular weight excluding hydrogens is 486 g/mol. The summed E-state index contributed by atoms with van der Waals surface area (Å²) in [4.78, 5) is 4.68. The van der Waals surface area contributed by atoms with E-state index in [1.54, 1.807) is 0 Å². The standard InChI is InChI=1S/C25H26BrN3O2S/c1-16-8-7-9-18(27-16)15-22(29-32(30)25(2,3)4)19-10-5-6-11-20(19)24-21-13-12-17(26)14-23(21)31-28-24/h5-14,22,29H,15H2,1-4H3. The van der Waals surface area contributed by atoms with Crippen molar-refractivity contribution in [3.8, 4) is 11.3 Å². The zero-order chi connectivity index (χ0) is 22.9. The fourth-order valence-electron chi connectivity index (χ4n) is 3.57. The van der Waals surface area contributed by atoms with E-state index < -0.39 is 16.1 Å². The maximum absolute atomic E-state index is 13.1. The van der Waals surface area contributed by atoms with Gasteiger partial charge in [0.15, 0.2) is 5.58 Å². The molecule has 166 valence electrons. The Morgan fingerprint density at radius 1 is 1.09 bits per heavy atom. The third-order valence-electron chi connectivity index (χ3n) is 5.19. The van der Waals surface area contributed by atoms with E-state index in [9.17, 15) is 4.55 Å². The third kappa shape index (κ3) is 5.07. The number of hydrogen-bond donors (Lipinski definition) is 1. The van der Waals surface area contributed by atoms with E-state index in [2.05, 4.69) is 36.9 Å². The molecule has 4 rings (SSSR count). The lowest BCUT2D eigenvalue weighted by atomic mass is 9.94. The molecule has 0 radical (unpaired) electrons. The van der Waals surface area contributed by atoms with Crippen LogP contribution in [0.3, 0.4) is 0 Å². The Labute approximate surface area is 200 Å². The van der Waals surface area contributed by atoms with Crippen LogP contribution < -0.4 is 4.72 Å². The van der Waals surface area contributed by atoms with Crippen molar-refractivity contribution in [3.05, 3.63) is 82.1 Å². The van der Waals surface area contributed by atoms with Crippen LogP contribution in [-0.4, -0.2) is 19.4 Å². The Balaban J connectivity index is 1.80. The fraction of sp³-hybridized carbons (Fsp3) is 0.280. The van der Waals surface area contributed by atoms with E-state index in [1.165, 1.54) is 0 Å². The highest BCUT2D eigenvalue weighted by molar-refractivity contribution is 9.10. The predicted octanol–water partition coefficient (Wildman–Crippen LogP) is 6.30. The van der Waals surface area contributed by atoms with E-state index in [4.69, 9.17) is 4.52 Å². The summed E-state index contributed by atoms with van der Waals surface area (Å²) in [7, 11) is 0. The van der Waals surface area contributed by atoms with Crippen LogP contribution in [0.2, 0.25) is 0 Å². The summed E-state index contributed by atoms with van der Waals surface area (Å²) in [5, 5.41) is 5.32. The molecule has 32 heavy (non-hydrogen) atoms. The first-order valence-corrected chi connectivity index (χ1v) is 12.4. The highest BCUT2D eigenvalue weighted by atomic mass is 79.9. The van der Waals surface area contributed by atoms with E-state index in [-0.39, 0.29) is 6.04 Å². The minimum Gasteiger partial charge on any atom is -0.598 e. The number of hydrogen-bond acceptors (Lipinski definition) is 5. The number of rotatable bonds is 6. The summed E-state index contributed by atoms with van der Waals surface area (Å²) in [6.07, 6.45) is 0.599. The topological polar surface area (TPSA) is 74.0 Å².